The number of aliphatic carboxylic acids is 1. The Hall–Kier alpha value is -0.390. The van der Waals surface area contributed by atoms with Crippen LogP contribution in [0.3, 0.4) is 0 Å². The number of carbonyl (C=O) groups is 2. The van der Waals surface area contributed by atoms with Crippen LogP contribution in [-0.4, -0.2) is 21.7 Å². The van der Waals surface area contributed by atoms with Crippen molar-refractivity contribution in [2.24, 2.45) is 0 Å². The number of hydrogen-bond donors (Lipinski definition) is 1. The molecule has 3 nitrogen and oxygen atoms in total. The summed E-state index contributed by atoms with van der Waals surface area (Å²) >= 11 is 9.96. The molecule has 1 atom stereocenters. The van der Waals surface area contributed by atoms with E-state index in [9.17, 15) is 9.59 Å². The Kier molecular flexibility index (Phi) is 4.10. The quantitative estimate of drug-likeness (QED) is 0.687. The van der Waals surface area contributed by atoms with E-state index < -0.39 is 10.8 Å². The molecule has 1 rings (SSSR count). The highest BCUT2D eigenvalue weighted by molar-refractivity contribution is 9.10. The van der Waals surface area contributed by atoms with Crippen LogP contribution in [0, 0.1) is 0 Å². The van der Waals surface area contributed by atoms with Crippen molar-refractivity contribution in [2.45, 2.75) is 11.2 Å². The van der Waals surface area contributed by atoms with Crippen LogP contribution in [0.2, 0.25) is 5.02 Å². The van der Waals surface area contributed by atoms with Gasteiger partial charge in [0.1, 0.15) is 0 Å². The standard InChI is InChI=1S/C8H6BrClO3S/c9-4(3-6(11)12)7(13)8-5(10)1-2-14-8/h1-2,4H,3H2,(H,11,12). The van der Waals surface area contributed by atoms with Gasteiger partial charge in [-0.2, -0.15) is 0 Å². The van der Waals surface area contributed by atoms with E-state index in [1.54, 1.807) is 11.4 Å². The van der Waals surface area contributed by atoms with E-state index in [-0.39, 0.29) is 12.2 Å². The maximum Gasteiger partial charge on any atom is 0.304 e. The largest absolute Gasteiger partial charge is 0.481 e. The van der Waals surface area contributed by atoms with Gasteiger partial charge in [-0.05, 0) is 11.4 Å². The monoisotopic (exact) mass is 296 g/mol. The van der Waals surface area contributed by atoms with Gasteiger partial charge < -0.3 is 5.11 Å². The van der Waals surface area contributed by atoms with E-state index in [1.807, 2.05) is 0 Å². The number of Topliss-reactive ketones (excluding diaryl/α,β-unsaturated/α-hetero) is 1. The molecule has 0 aliphatic heterocycles. The van der Waals surface area contributed by atoms with E-state index >= 15 is 0 Å². The normalized spacial score (nSPS) is 12.4. The predicted octanol–water partition coefficient (Wildman–Crippen LogP) is 2.82. The molecule has 0 aliphatic carbocycles. The Labute approximate surface area is 97.8 Å². The molecule has 1 unspecified atom stereocenters. The van der Waals surface area contributed by atoms with E-state index in [1.165, 1.54) is 11.3 Å². The average Bonchev–Trinajstić information content (AvgIpc) is 2.48. The Balaban J connectivity index is 2.76. The third-order valence-corrected chi connectivity index (χ3v) is 3.57. The Morgan fingerprint density at radius 1 is 1.64 bits per heavy atom. The number of hydrogen-bond acceptors (Lipinski definition) is 3. The van der Waals surface area contributed by atoms with Crippen LogP contribution in [0.25, 0.3) is 0 Å². The second kappa shape index (κ2) is 4.91. The molecule has 0 aliphatic rings. The topological polar surface area (TPSA) is 54.4 Å². The molecule has 0 spiro atoms. The number of ketones is 1. The third-order valence-electron chi connectivity index (χ3n) is 1.48. The molecule has 0 aromatic carbocycles. The molecule has 76 valence electrons. The highest BCUT2D eigenvalue weighted by atomic mass is 79.9. The van der Waals surface area contributed by atoms with Crippen molar-refractivity contribution >= 4 is 50.6 Å². The predicted molar refractivity (Wildman–Crippen MR) is 58.6 cm³/mol. The molecule has 0 saturated carbocycles. The first-order chi connectivity index (χ1) is 6.52. The van der Waals surface area contributed by atoms with Gasteiger partial charge in [0.05, 0.1) is 21.1 Å². The van der Waals surface area contributed by atoms with Crippen molar-refractivity contribution in [3.8, 4) is 0 Å². The minimum Gasteiger partial charge on any atom is -0.481 e. The molecule has 0 saturated heterocycles. The fourth-order valence-corrected chi connectivity index (χ4v) is 2.66. The maximum absolute atomic E-state index is 11.6. The number of alkyl halides is 1. The molecule has 1 aromatic rings. The lowest BCUT2D eigenvalue weighted by atomic mass is 10.2. The van der Waals surface area contributed by atoms with Crippen molar-refractivity contribution in [2.75, 3.05) is 0 Å². The minimum atomic E-state index is -1.02. The second-order valence-electron chi connectivity index (χ2n) is 2.53. The van der Waals surface area contributed by atoms with E-state index in [4.69, 9.17) is 16.7 Å². The Morgan fingerprint density at radius 3 is 2.71 bits per heavy atom. The molecule has 1 N–H and O–H groups in total. The minimum absolute atomic E-state index is 0.243. The molecule has 0 radical (unpaired) electrons. The van der Waals surface area contributed by atoms with Gasteiger partial charge in [-0.15, -0.1) is 11.3 Å². The molecule has 1 aromatic heterocycles. The summed E-state index contributed by atoms with van der Waals surface area (Å²) in [6, 6.07) is 1.61. The Bertz CT molecular complexity index is 363. The van der Waals surface area contributed by atoms with Crippen molar-refractivity contribution in [3.05, 3.63) is 21.3 Å². The molecule has 0 bridgehead atoms. The first kappa shape index (κ1) is 11.7. The fraction of sp³-hybridized carbons (Fsp3) is 0.250. The van der Waals surface area contributed by atoms with Crippen LogP contribution >= 0.6 is 38.9 Å². The van der Waals surface area contributed by atoms with Crippen molar-refractivity contribution in [1.82, 2.24) is 0 Å². The zero-order valence-corrected chi connectivity index (χ0v) is 10.0. The zero-order chi connectivity index (χ0) is 10.7. The van der Waals surface area contributed by atoms with Crippen LogP contribution in [-0.2, 0) is 4.79 Å². The summed E-state index contributed by atoms with van der Waals surface area (Å²) in [6.45, 7) is 0. The van der Waals surface area contributed by atoms with Gasteiger partial charge in [0, 0.05) is 0 Å². The van der Waals surface area contributed by atoms with Crippen molar-refractivity contribution < 1.29 is 14.7 Å². The third kappa shape index (κ3) is 2.80. The van der Waals surface area contributed by atoms with Crippen molar-refractivity contribution in [1.29, 1.82) is 0 Å². The highest BCUT2D eigenvalue weighted by Gasteiger charge is 2.22. The summed E-state index contributed by atoms with van der Waals surface area (Å²) in [6.07, 6.45) is -0.243. The molecule has 1 heterocycles. The molecular weight excluding hydrogens is 292 g/mol. The lowest BCUT2D eigenvalue weighted by Crippen LogP contribution is -2.17. The number of thiophene rings is 1. The van der Waals surface area contributed by atoms with Crippen LogP contribution in [0.15, 0.2) is 11.4 Å². The molecule has 0 amide bonds. The van der Waals surface area contributed by atoms with Gasteiger partial charge >= 0.3 is 5.97 Å². The molecule has 6 heteroatoms. The number of rotatable bonds is 4. The van der Waals surface area contributed by atoms with E-state index in [0.29, 0.717) is 9.90 Å². The lowest BCUT2D eigenvalue weighted by molar-refractivity contribution is -0.136. The van der Waals surface area contributed by atoms with Gasteiger partial charge in [0.15, 0.2) is 5.78 Å². The van der Waals surface area contributed by atoms with Gasteiger partial charge in [0.25, 0.3) is 0 Å². The van der Waals surface area contributed by atoms with Crippen LogP contribution in [0.1, 0.15) is 16.1 Å². The summed E-state index contributed by atoms with van der Waals surface area (Å²) in [7, 11) is 0. The molecule has 14 heavy (non-hydrogen) atoms. The molecule has 0 fully saturated rings. The van der Waals surface area contributed by atoms with E-state index in [2.05, 4.69) is 15.9 Å². The summed E-state index contributed by atoms with van der Waals surface area (Å²) in [5.41, 5.74) is 0. The average molecular weight is 298 g/mol. The smallest absolute Gasteiger partial charge is 0.304 e. The zero-order valence-electron chi connectivity index (χ0n) is 6.87. The van der Waals surface area contributed by atoms with Crippen molar-refractivity contribution in [3.63, 3.8) is 0 Å². The number of carbonyl (C=O) groups excluding carboxylic acids is 1. The summed E-state index contributed by atoms with van der Waals surface area (Å²) in [5.74, 6) is -1.31. The van der Waals surface area contributed by atoms with Gasteiger partial charge in [0.2, 0.25) is 0 Å². The summed E-state index contributed by atoms with van der Waals surface area (Å²) < 4.78 is 0. The lowest BCUT2D eigenvalue weighted by Gasteiger charge is -2.03. The first-order valence-electron chi connectivity index (χ1n) is 3.65. The maximum atomic E-state index is 11.6. The first-order valence-corrected chi connectivity index (χ1v) is 5.82. The Morgan fingerprint density at radius 2 is 2.29 bits per heavy atom. The highest BCUT2D eigenvalue weighted by Crippen LogP contribution is 2.26. The van der Waals surface area contributed by atoms with E-state index in [0.717, 1.165) is 0 Å². The van der Waals surface area contributed by atoms with Crippen LogP contribution in [0.5, 0.6) is 0 Å². The van der Waals surface area contributed by atoms with Crippen LogP contribution in [0.4, 0.5) is 0 Å². The van der Waals surface area contributed by atoms with Gasteiger partial charge in [-0.3, -0.25) is 9.59 Å². The van der Waals surface area contributed by atoms with Crippen LogP contribution < -0.4 is 0 Å². The van der Waals surface area contributed by atoms with Gasteiger partial charge in [-0.25, -0.2) is 0 Å². The number of halogens is 2. The van der Waals surface area contributed by atoms with Gasteiger partial charge in [-0.1, -0.05) is 27.5 Å². The molecular formula is C8H6BrClO3S. The fourth-order valence-electron chi connectivity index (χ4n) is 0.858. The second-order valence-corrected chi connectivity index (χ2v) is 4.96. The summed E-state index contributed by atoms with van der Waals surface area (Å²) in [4.78, 5) is 21.6. The number of carboxylic acids is 1. The summed E-state index contributed by atoms with van der Waals surface area (Å²) in [5, 5.41) is 10.5. The SMILES string of the molecule is O=C(O)CC(Br)C(=O)c1sccc1Cl. The number of carboxylic acid groups (broad SMARTS) is 1.